The predicted molar refractivity (Wildman–Crippen MR) is 126 cm³/mol. The molecule has 4 heterocycles. The van der Waals surface area contributed by atoms with Crippen molar-refractivity contribution in [3.63, 3.8) is 0 Å². The maximum absolute atomic E-state index is 4.71. The molecule has 0 bridgehead atoms. The molecule has 31 heavy (non-hydrogen) atoms. The molecule has 2 fully saturated rings. The number of aromatic amines is 1. The van der Waals surface area contributed by atoms with Gasteiger partial charge in [-0.25, -0.2) is 9.50 Å². The van der Waals surface area contributed by atoms with Crippen LogP contribution < -0.4 is 5.32 Å². The number of aromatic nitrogens is 4. The van der Waals surface area contributed by atoms with E-state index >= 15 is 0 Å². The van der Waals surface area contributed by atoms with Crippen LogP contribution in [-0.2, 0) is 0 Å². The van der Waals surface area contributed by atoms with Gasteiger partial charge in [0.05, 0.1) is 5.69 Å². The quantitative estimate of drug-likeness (QED) is 0.454. The molecule has 4 aromatic rings. The average Bonchev–Trinajstić information content (AvgIpc) is 3.43. The van der Waals surface area contributed by atoms with Crippen LogP contribution in [-0.4, -0.2) is 32.7 Å². The van der Waals surface area contributed by atoms with Gasteiger partial charge < -0.3 is 10.3 Å². The molecule has 1 saturated heterocycles. The SMILES string of the molecule is Cc1nc2c(C3CC3)cc(-c3[nH]c4ccc(C5CCNCC5)cc4c3C(C)C)cn2n1. The maximum atomic E-state index is 4.71. The minimum absolute atomic E-state index is 0.435. The molecule has 0 spiro atoms. The third-order valence-corrected chi connectivity index (χ3v) is 7.12. The summed E-state index contributed by atoms with van der Waals surface area (Å²) in [5, 5.41) is 9.53. The highest BCUT2D eigenvalue weighted by atomic mass is 15.3. The zero-order valence-electron chi connectivity index (χ0n) is 18.7. The van der Waals surface area contributed by atoms with E-state index in [0.29, 0.717) is 17.8 Å². The monoisotopic (exact) mass is 413 g/mol. The standard InChI is InChI=1S/C26H31N5/c1-15(2)24-22-12-19(17-8-10-27-11-9-17)6-7-23(22)29-25(24)20-13-21(18-4-5-18)26-28-16(3)30-31(26)14-20/h6-7,12-15,17-18,27,29H,4-5,8-11H2,1-3H3. The largest absolute Gasteiger partial charge is 0.354 e. The third-order valence-electron chi connectivity index (χ3n) is 7.12. The summed E-state index contributed by atoms with van der Waals surface area (Å²) in [6.07, 6.45) is 7.13. The zero-order valence-corrected chi connectivity index (χ0v) is 18.7. The molecule has 5 nitrogen and oxygen atoms in total. The zero-order chi connectivity index (χ0) is 21.1. The topological polar surface area (TPSA) is 58.0 Å². The molecule has 0 unspecified atom stereocenters. The molecule has 160 valence electrons. The summed E-state index contributed by atoms with van der Waals surface area (Å²) in [6.45, 7) is 8.85. The van der Waals surface area contributed by atoms with Gasteiger partial charge in [0.25, 0.3) is 0 Å². The summed E-state index contributed by atoms with van der Waals surface area (Å²) in [4.78, 5) is 8.49. The first kappa shape index (κ1) is 19.1. The van der Waals surface area contributed by atoms with E-state index < -0.39 is 0 Å². The van der Waals surface area contributed by atoms with Gasteiger partial charge in [-0.2, -0.15) is 5.10 Å². The summed E-state index contributed by atoms with van der Waals surface area (Å²) in [7, 11) is 0. The van der Waals surface area contributed by atoms with E-state index in [4.69, 9.17) is 4.98 Å². The van der Waals surface area contributed by atoms with Crippen LogP contribution in [0.25, 0.3) is 27.8 Å². The highest BCUT2D eigenvalue weighted by Crippen LogP contribution is 2.44. The molecular formula is C26H31N5. The van der Waals surface area contributed by atoms with Crippen molar-refractivity contribution < 1.29 is 0 Å². The lowest BCUT2D eigenvalue weighted by Crippen LogP contribution is -2.26. The number of fused-ring (bicyclic) bond motifs is 2. The first-order valence-electron chi connectivity index (χ1n) is 11.8. The van der Waals surface area contributed by atoms with Crippen LogP contribution in [0.2, 0.25) is 0 Å². The molecule has 1 aliphatic heterocycles. The molecule has 1 saturated carbocycles. The van der Waals surface area contributed by atoms with Crippen LogP contribution in [0, 0.1) is 6.92 Å². The van der Waals surface area contributed by atoms with E-state index in [-0.39, 0.29) is 0 Å². The van der Waals surface area contributed by atoms with Gasteiger partial charge >= 0.3 is 0 Å². The van der Waals surface area contributed by atoms with Crippen LogP contribution >= 0.6 is 0 Å². The van der Waals surface area contributed by atoms with Gasteiger partial charge in [-0.1, -0.05) is 19.9 Å². The summed E-state index contributed by atoms with van der Waals surface area (Å²) in [6, 6.07) is 9.45. The highest BCUT2D eigenvalue weighted by molar-refractivity contribution is 5.92. The Morgan fingerprint density at radius 3 is 2.58 bits per heavy atom. The molecule has 2 aliphatic rings. The number of pyridine rings is 1. The van der Waals surface area contributed by atoms with E-state index in [1.807, 2.05) is 11.4 Å². The van der Waals surface area contributed by atoms with Gasteiger partial charge in [0, 0.05) is 28.2 Å². The summed E-state index contributed by atoms with van der Waals surface area (Å²) in [5.41, 5.74) is 8.98. The lowest BCUT2D eigenvalue weighted by atomic mass is 9.88. The molecule has 0 atom stereocenters. The smallest absolute Gasteiger partial charge is 0.159 e. The number of nitrogens with one attached hydrogen (secondary N) is 2. The molecule has 0 radical (unpaired) electrons. The minimum Gasteiger partial charge on any atom is -0.354 e. The van der Waals surface area contributed by atoms with E-state index in [0.717, 1.165) is 24.6 Å². The first-order valence-corrected chi connectivity index (χ1v) is 11.8. The second-order valence-corrected chi connectivity index (χ2v) is 9.78. The second-order valence-electron chi connectivity index (χ2n) is 9.78. The Hall–Kier alpha value is -2.66. The van der Waals surface area contributed by atoms with Gasteiger partial charge in [0.15, 0.2) is 5.65 Å². The number of benzene rings is 1. The second kappa shape index (κ2) is 7.20. The van der Waals surface area contributed by atoms with Gasteiger partial charge in [-0.15, -0.1) is 0 Å². The van der Waals surface area contributed by atoms with Crippen molar-refractivity contribution in [2.75, 3.05) is 13.1 Å². The van der Waals surface area contributed by atoms with Gasteiger partial charge in [-0.05, 0) is 92.8 Å². The molecule has 3 aromatic heterocycles. The van der Waals surface area contributed by atoms with E-state index in [9.17, 15) is 0 Å². The average molecular weight is 414 g/mol. The number of hydrogen-bond acceptors (Lipinski definition) is 3. The minimum atomic E-state index is 0.435. The number of nitrogens with zero attached hydrogens (tertiary/aromatic N) is 3. The Bertz CT molecular complexity index is 1270. The Morgan fingerprint density at radius 2 is 1.84 bits per heavy atom. The maximum Gasteiger partial charge on any atom is 0.159 e. The molecule has 1 aromatic carbocycles. The Kier molecular flexibility index (Phi) is 4.42. The summed E-state index contributed by atoms with van der Waals surface area (Å²) < 4.78 is 1.99. The van der Waals surface area contributed by atoms with E-state index in [1.54, 1.807) is 0 Å². The van der Waals surface area contributed by atoms with Gasteiger partial charge in [0.1, 0.15) is 5.82 Å². The summed E-state index contributed by atoms with van der Waals surface area (Å²) >= 11 is 0. The number of H-pyrrole nitrogens is 1. The molecule has 2 N–H and O–H groups in total. The number of aryl methyl sites for hydroxylation is 1. The van der Waals surface area contributed by atoms with Crippen LogP contribution in [0.4, 0.5) is 0 Å². The molecular weight excluding hydrogens is 382 g/mol. The van der Waals surface area contributed by atoms with E-state index in [2.05, 4.69) is 59.7 Å². The van der Waals surface area contributed by atoms with Crippen LogP contribution in [0.15, 0.2) is 30.5 Å². The van der Waals surface area contributed by atoms with Crippen molar-refractivity contribution >= 4 is 16.6 Å². The highest BCUT2D eigenvalue weighted by Gasteiger charge is 2.28. The molecule has 6 rings (SSSR count). The van der Waals surface area contributed by atoms with Crippen molar-refractivity contribution in [3.05, 3.63) is 53.0 Å². The summed E-state index contributed by atoms with van der Waals surface area (Å²) in [5.74, 6) is 2.57. The van der Waals surface area contributed by atoms with E-state index in [1.165, 1.54) is 64.5 Å². The number of piperidine rings is 1. The van der Waals surface area contributed by atoms with Crippen molar-refractivity contribution in [1.29, 1.82) is 0 Å². The molecule has 0 amide bonds. The molecule has 1 aliphatic carbocycles. The predicted octanol–water partition coefficient (Wildman–Crippen LogP) is 5.65. The van der Waals surface area contributed by atoms with Crippen LogP contribution in [0.3, 0.4) is 0 Å². The lowest BCUT2D eigenvalue weighted by Gasteiger charge is -2.23. The number of rotatable bonds is 4. The van der Waals surface area contributed by atoms with Gasteiger partial charge in [-0.3, -0.25) is 0 Å². The third kappa shape index (κ3) is 3.26. The lowest BCUT2D eigenvalue weighted by molar-refractivity contribution is 0.460. The Balaban J connectivity index is 1.53. The van der Waals surface area contributed by atoms with Crippen molar-refractivity contribution in [3.8, 4) is 11.3 Å². The van der Waals surface area contributed by atoms with Crippen LogP contribution in [0.5, 0.6) is 0 Å². The van der Waals surface area contributed by atoms with Crippen LogP contribution in [0.1, 0.15) is 79.8 Å². The first-order chi connectivity index (χ1) is 15.1. The normalized spacial score (nSPS) is 17.9. The molecule has 5 heteroatoms. The fourth-order valence-corrected chi connectivity index (χ4v) is 5.42. The van der Waals surface area contributed by atoms with Gasteiger partial charge in [0.2, 0.25) is 0 Å². The van der Waals surface area contributed by atoms with Crippen molar-refractivity contribution in [2.24, 2.45) is 0 Å². The fourth-order valence-electron chi connectivity index (χ4n) is 5.42. The Morgan fingerprint density at radius 1 is 1.03 bits per heavy atom. The van der Waals surface area contributed by atoms with Crippen molar-refractivity contribution in [1.82, 2.24) is 24.9 Å². The van der Waals surface area contributed by atoms with Crippen molar-refractivity contribution in [2.45, 2.75) is 64.2 Å². The Labute approximate surface area is 183 Å². The number of hydrogen-bond donors (Lipinski definition) is 2. The fraction of sp³-hybridized carbons (Fsp3) is 0.462.